The van der Waals surface area contributed by atoms with Crippen LogP contribution in [0.4, 0.5) is 5.69 Å². The molecule has 1 atom stereocenters. The molecule has 2 aromatic rings. The monoisotopic (exact) mass is 440 g/mol. The van der Waals surface area contributed by atoms with Crippen molar-refractivity contribution in [1.82, 2.24) is 4.90 Å². The molecule has 0 bridgehead atoms. The lowest BCUT2D eigenvalue weighted by atomic mass is 9.95. The highest BCUT2D eigenvalue weighted by Gasteiger charge is 2.45. The number of carbonyl (C=O) groups is 2. The Morgan fingerprint density at radius 2 is 1.88 bits per heavy atom. The molecule has 1 amide bonds. The topological polar surface area (TPSA) is 119 Å². The second-order valence-corrected chi connectivity index (χ2v) is 7.53. The third-order valence-corrected chi connectivity index (χ3v) is 4.97. The number of methoxy groups -OCH3 is 1. The lowest BCUT2D eigenvalue weighted by Gasteiger charge is -2.25. The first-order valence-electron chi connectivity index (χ1n) is 10.0. The normalized spacial score (nSPS) is 17.8. The predicted molar refractivity (Wildman–Crippen MR) is 116 cm³/mol. The van der Waals surface area contributed by atoms with Gasteiger partial charge in [0.05, 0.1) is 29.2 Å². The van der Waals surface area contributed by atoms with Crippen LogP contribution in [0.1, 0.15) is 31.0 Å². The van der Waals surface area contributed by atoms with Gasteiger partial charge in [0.15, 0.2) is 0 Å². The minimum absolute atomic E-state index is 0.0259. The van der Waals surface area contributed by atoms with Gasteiger partial charge >= 0.3 is 0 Å². The van der Waals surface area contributed by atoms with Crippen LogP contribution in [-0.2, 0) is 14.3 Å². The molecule has 0 aromatic heterocycles. The molecule has 3 rings (SSSR count). The van der Waals surface area contributed by atoms with E-state index in [0.29, 0.717) is 11.3 Å². The molecule has 32 heavy (non-hydrogen) atoms. The van der Waals surface area contributed by atoms with E-state index in [4.69, 9.17) is 9.47 Å². The number of hydrogen-bond donors (Lipinski definition) is 1. The molecule has 168 valence electrons. The zero-order valence-electron chi connectivity index (χ0n) is 18.0. The maximum Gasteiger partial charge on any atom is 0.295 e. The number of amides is 1. The molecular weight excluding hydrogens is 416 g/mol. The number of aliphatic hydroxyl groups excluding tert-OH is 1. The van der Waals surface area contributed by atoms with Gasteiger partial charge in [-0.15, -0.1) is 0 Å². The Bertz CT molecular complexity index is 1060. The van der Waals surface area contributed by atoms with Gasteiger partial charge < -0.3 is 19.5 Å². The number of carbonyl (C=O) groups excluding carboxylic acids is 2. The van der Waals surface area contributed by atoms with E-state index >= 15 is 0 Å². The average Bonchev–Trinajstić information content (AvgIpc) is 3.02. The number of nitro benzene ring substituents is 1. The van der Waals surface area contributed by atoms with Crippen molar-refractivity contribution >= 4 is 23.1 Å². The molecule has 9 nitrogen and oxygen atoms in total. The molecule has 1 aliphatic heterocycles. The lowest BCUT2D eigenvalue weighted by Crippen LogP contribution is -2.32. The van der Waals surface area contributed by atoms with E-state index in [2.05, 4.69) is 0 Å². The van der Waals surface area contributed by atoms with Gasteiger partial charge in [-0.25, -0.2) is 0 Å². The second-order valence-electron chi connectivity index (χ2n) is 7.53. The summed E-state index contributed by atoms with van der Waals surface area (Å²) >= 11 is 0. The number of ether oxygens (including phenoxy) is 2. The molecule has 1 aliphatic rings. The number of nitrogens with zero attached hydrogens (tertiary/aromatic N) is 2. The minimum atomic E-state index is -0.877. The van der Waals surface area contributed by atoms with Crippen LogP contribution in [0, 0.1) is 10.1 Å². The summed E-state index contributed by atoms with van der Waals surface area (Å²) < 4.78 is 10.7. The fourth-order valence-corrected chi connectivity index (χ4v) is 3.57. The van der Waals surface area contributed by atoms with Crippen LogP contribution in [-0.4, -0.2) is 53.0 Å². The number of nitro groups is 1. The Morgan fingerprint density at radius 1 is 1.19 bits per heavy atom. The predicted octanol–water partition coefficient (Wildman–Crippen LogP) is 3.45. The van der Waals surface area contributed by atoms with Gasteiger partial charge in [-0.2, -0.15) is 0 Å². The molecule has 1 heterocycles. The van der Waals surface area contributed by atoms with Crippen LogP contribution >= 0.6 is 0 Å². The van der Waals surface area contributed by atoms with Crippen molar-refractivity contribution in [3.05, 3.63) is 75.3 Å². The number of ketones is 1. The highest BCUT2D eigenvalue weighted by molar-refractivity contribution is 6.46. The van der Waals surface area contributed by atoms with Crippen LogP contribution in [0.3, 0.4) is 0 Å². The molecule has 1 fully saturated rings. The van der Waals surface area contributed by atoms with Gasteiger partial charge in [0.1, 0.15) is 11.5 Å². The summed E-state index contributed by atoms with van der Waals surface area (Å²) in [5.41, 5.74) is 0.288. The number of rotatable bonds is 8. The van der Waals surface area contributed by atoms with Crippen LogP contribution < -0.4 is 4.74 Å². The molecule has 0 radical (unpaired) electrons. The van der Waals surface area contributed by atoms with E-state index in [9.17, 15) is 24.8 Å². The Hall–Kier alpha value is -3.72. The van der Waals surface area contributed by atoms with E-state index in [1.165, 1.54) is 30.2 Å². The van der Waals surface area contributed by atoms with Crippen molar-refractivity contribution in [2.75, 3.05) is 20.3 Å². The molecule has 1 N–H and O–H groups in total. The Labute approximate surface area is 185 Å². The fraction of sp³-hybridized carbons (Fsp3) is 0.304. The summed E-state index contributed by atoms with van der Waals surface area (Å²) in [6.45, 7) is 4.11. The number of aliphatic hydroxyl groups is 1. The maximum atomic E-state index is 12.9. The summed E-state index contributed by atoms with van der Waals surface area (Å²) in [6.07, 6.45) is -0.0259. The summed E-state index contributed by atoms with van der Waals surface area (Å²) in [5.74, 6) is -1.49. The molecule has 0 saturated carbocycles. The quantitative estimate of drug-likeness (QED) is 0.219. The van der Waals surface area contributed by atoms with Crippen molar-refractivity contribution < 1.29 is 29.1 Å². The SMILES string of the molecule is COCCN1C(=O)C(=O)/C(=C(\O)c2cccc([N+](=O)[O-])c2)C1c1ccc(OC(C)C)cc1. The molecule has 9 heteroatoms. The van der Waals surface area contributed by atoms with Crippen molar-refractivity contribution in [2.24, 2.45) is 0 Å². The molecule has 1 saturated heterocycles. The molecule has 0 spiro atoms. The summed E-state index contributed by atoms with van der Waals surface area (Å²) in [5, 5.41) is 22.1. The van der Waals surface area contributed by atoms with E-state index in [1.807, 2.05) is 13.8 Å². The average molecular weight is 440 g/mol. The minimum Gasteiger partial charge on any atom is -0.507 e. The van der Waals surface area contributed by atoms with Gasteiger partial charge in [0.25, 0.3) is 17.4 Å². The molecule has 0 aliphatic carbocycles. The van der Waals surface area contributed by atoms with Crippen molar-refractivity contribution in [3.63, 3.8) is 0 Å². The van der Waals surface area contributed by atoms with E-state index in [0.717, 1.165) is 6.07 Å². The van der Waals surface area contributed by atoms with E-state index < -0.39 is 28.4 Å². The van der Waals surface area contributed by atoms with Crippen molar-refractivity contribution in [3.8, 4) is 5.75 Å². The summed E-state index contributed by atoms with van der Waals surface area (Å²) in [4.78, 5) is 37.5. The number of Topliss-reactive ketones (excluding diaryl/α,β-unsaturated/α-hetero) is 1. The second kappa shape index (κ2) is 9.61. The van der Waals surface area contributed by atoms with Gasteiger partial charge in [-0.3, -0.25) is 19.7 Å². The van der Waals surface area contributed by atoms with E-state index in [-0.39, 0.29) is 36.1 Å². The Balaban J connectivity index is 2.12. The highest BCUT2D eigenvalue weighted by Crippen LogP contribution is 2.40. The zero-order valence-corrected chi connectivity index (χ0v) is 18.0. The van der Waals surface area contributed by atoms with Gasteiger partial charge in [-0.1, -0.05) is 24.3 Å². The molecular formula is C23H24N2O7. The Morgan fingerprint density at radius 3 is 2.47 bits per heavy atom. The Kier molecular flexibility index (Phi) is 6.89. The van der Waals surface area contributed by atoms with E-state index in [1.54, 1.807) is 24.3 Å². The van der Waals surface area contributed by atoms with Crippen molar-refractivity contribution in [2.45, 2.75) is 26.0 Å². The largest absolute Gasteiger partial charge is 0.507 e. The van der Waals surface area contributed by atoms with Crippen molar-refractivity contribution in [1.29, 1.82) is 0 Å². The van der Waals surface area contributed by atoms with Crippen LogP contribution in [0.5, 0.6) is 5.75 Å². The maximum absolute atomic E-state index is 12.9. The number of likely N-dealkylation sites (tertiary alicyclic amines) is 1. The molecule has 1 unspecified atom stereocenters. The first-order chi connectivity index (χ1) is 15.2. The summed E-state index contributed by atoms with van der Waals surface area (Å²) in [7, 11) is 1.48. The van der Waals surface area contributed by atoms with Gasteiger partial charge in [0.2, 0.25) is 0 Å². The molecule has 2 aromatic carbocycles. The summed E-state index contributed by atoms with van der Waals surface area (Å²) in [6, 6.07) is 11.3. The lowest BCUT2D eigenvalue weighted by molar-refractivity contribution is -0.384. The third kappa shape index (κ3) is 4.62. The highest BCUT2D eigenvalue weighted by atomic mass is 16.6. The number of benzene rings is 2. The van der Waals surface area contributed by atoms with Gasteiger partial charge in [-0.05, 0) is 31.5 Å². The fourth-order valence-electron chi connectivity index (χ4n) is 3.57. The third-order valence-electron chi connectivity index (χ3n) is 4.97. The number of hydrogen-bond acceptors (Lipinski definition) is 7. The van der Waals surface area contributed by atoms with Crippen LogP contribution in [0.2, 0.25) is 0 Å². The number of non-ortho nitro benzene ring substituents is 1. The first kappa shape index (κ1) is 23.0. The van der Waals surface area contributed by atoms with Crippen LogP contribution in [0.15, 0.2) is 54.1 Å². The standard InChI is InChI=1S/C23H24N2O7/c1-14(2)32-18-9-7-15(8-10-18)20-19(22(27)23(28)24(20)11-12-31-3)21(26)16-5-4-6-17(13-16)25(29)30/h4-10,13-14,20,26H,11-12H2,1-3H3/b21-19-. The zero-order chi connectivity index (χ0) is 23.4. The van der Waals surface area contributed by atoms with Crippen LogP contribution in [0.25, 0.3) is 5.76 Å². The smallest absolute Gasteiger partial charge is 0.295 e. The van der Waals surface area contributed by atoms with Gasteiger partial charge in [0, 0.05) is 31.4 Å². The first-order valence-corrected chi connectivity index (χ1v) is 10.0.